The highest BCUT2D eigenvalue weighted by Crippen LogP contribution is 2.15. The van der Waals surface area contributed by atoms with E-state index in [0.717, 1.165) is 17.9 Å². The van der Waals surface area contributed by atoms with E-state index >= 15 is 0 Å². The zero-order valence-corrected chi connectivity index (χ0v) is 11.1. The van der Waals surface area contributed by atoms with Crippen molar-refractivity contribution in [2.45, 2.75) is 39.5 Å². The van der Waals surface area contributed by atoms with Crippen LogP contribution in [0.1, 0.15) is 26.3 Å². The minimum absolute atomic E-state index is 0.354. The predicted octanol–water partition coefficient (Wildman–Crippen LogP) is 1.40. The van der Waals surface area contributed by atoms with Gasteiger partial charge in [-0.2, -0.15) is 0 Å². The molecule has 1 aromatic heterocycles. The average molecular weight is 237 g/mol. The third-order valence-corrected chi connectivity index (χ3v) is 2.47. The summed E-state index contributed by atoms with van der Waals surface area (Å²) in [4.78, 5) is 6.37. The van der Waals surface area contributed by atoms with Crippen molar-refractivity contribution in [3.05, 3.63) is 23.9 Å². The van der Waals surface area contributed by atoms with Crippen LogP contribution >= 0.6 is 0 Å². The molecule has 1 heterocycles. The largest absolute Gasteiger partial charge is 0.392 e. The number of nitrogens with one attached hydrogen (secondary N) is 1. The Bertz CT molecular complexity index is 339. The fourth-order valence-corrected chi connectivity index (χ4v) is 1.71. The molecular weight excluding hydrogens is 214 g/mol. The van der Waals surface area contributed by atoms with Crippen LogP contribution in [0.3, 0.4) is 0 Å². The van der Waals surface area contributed by atoms with E-state index in [1.165, 1.54) is 0 Å². The van der Waals surface area contributed by atoms with Crippen LogP contribution in [0.2, 0.25) is 0 Å². The van der Waals surface area contributed by atoms with Gasteiger partial charge < -0.3 is 15.3 Å². The summed E-state index contributed by atoms with van der Waals surface area (Å²) in [7, 11) is 1.95. The molecule has 0 bridgehead atoms. The summed E-state index contributed by atoms with van der Waals surface area (Å²) in [5.41, 5.74) is 1.16. The molecule has 0 aromatic carbocycles. The molecule has 0 saturated carbocycles. The Hall–Kier alpha value is -1.13. The second-order valence-electron chi connectivity index (χ2n) is 4.75. The van der Waals surface area contributed by atoms with E-state index in [2.05, 4.69) is 30.2 Å². The molecule has 2 N–H and O–H groups in total. The molecule has 1 rings (SSSR count). The van der Waals surface area contributed by atoms with Gasteiger partial charge in [0.05, 0.1) is 6.10 Å². The fourth-order valence-electron chi connectivity index (χ4n) is 1.71. The van der Waals surface area contributed by atoms with Gasteiger partial charge in [-0.3, -0.25) is 0 Å². The topological polar surface area (TPSA) is 48.4 Å². The summed E-state index contributed by atoms with van der Waals surface area (Å²) in [5, 5.41) is 12.8. The summed E-state index contributed by atoms with van der Waals surface area (Å²) in [5.74, 6) is 0.932. The first-order chi connectivity index (χ1) is 8.00. The highest BCUT2D eigenvalue weighted by atomic mass is 16.3. The number of hydrogen-bond donors (Lipinski definition) is 2. The van der Waals surface area contributed by atoms with E-state index in [-0.39, 0.29) is 6.10 Å². The van der Waals surface area contributed by atoms with Crippen molar-refractivity contribution in [3.63, 3.8) is 0 Å². The van der Waals surface area contributed by atoms with Crippen molar-refractivity contribution in [3.8, 4) is 0 Å². The van der Waals surface area contributed by atoms with Crippen LogP contribution in [0.4, 0.5) is 5.82 Å². The number of aliphatic hydroxyl groups is 1. The van der Waals surface area contributed by atoms with Gasteiger partial charge in [-0.15, -0.1) is 0 Å². The highest BCUT2D eigenvalue weighted by Gasteiger charge is 2.10. The maximum atomic E-state index is 9.41. The van der Waals surface area contributed by atoms with Gasteiger partial charge in [0.25, 0.3) is 0 Å². The van der Waals surface area contributed by atoms with Gasteiger partial charge in [0.15, 0.2) is 0 Å². The molecule has 1 atom stereocenters. The Balaban J connectivity index is 2.76. The number of aliphatic hydroxyl groups excluding tert-OH is 1. The van der Waals surface area contributed by atoms with Gasteiger partial charge in [-0.1, -0.05) is 19.9 Å². The van der Waals surface area contributed by atoms with E-state index in [0.29, 0.717) is 12.6 Å². The quantitative estimate of drug-likeness (QED) is 0.785. The number of nitrogens with zero attached hydrogens (tertiary/aromatic N) is 2. The normalized spacial score (nSPS) is 12.8. The van der Waals surface area contributed by atoms with E-state index < -0.39 is 0 Å². The van der Waals surface area contributed by atoms with Gasteiger partial charge in [-0.25, -0.2) is 4.98 Å². The van der Waals surface area contributed by atoms with Crippen LogP contribution in [-0.4, -0.2) is 35.8 Å². The number of rotatable bonds is 6. The molecule has 17 heavy (non-hydrogen) atoms. The monoisotopic (exact) mass is 237 g/mol. The molecule has 0 saturated heterocycles. The molecule has 0 spiro atoms. The molecule has 0 aliphatic heterocycles. The standard InChI is InChI=1S/C13H23N3O/c1-10(2)15-8-12-6-5-7-14-13(12)16(4)9-11(3)17/h5-7,10-11,15,17H,8-9H2,1-4H3. The summed E-state index contributed by atoms with van der Waals surface area (Å²) in [6, 6.07) is 4.46. The van der Waals surface area contributed by atoms with E-state index in [1.807, 2.05) is 18.0 Å². The summed E-state index contributed by atoms with van der Waals surface area (Å²) in [6.45, 7) is 7.41. The third kappa shape index (κ3) is 4.71. The Kier molecular flexibility index (Phi) is 5.38. The van der Waals surface area contributed by atoms with E-state index in [4.69, 9.17) is 0 Å². The molecule has 96 valence electrons. The van der Waals surface area contributed by atoms with Crippen LogP contribution in [0, 0.1) is 0 Å². The van der Waals surface area contributed by atoms with Gasteiger partial charge in [0.1, 0.15) is 5.82 Å². The molecule has 1 unspecified atom stereocenters. The van der Waals surface area contributed by atoms with Crippen molar-refractivity contribution in [2.24, 2.45) is 0 Å². The molecule has 4 nitrogen and oxygen atoms in total. The van der Waals surface area contributed by atoms with E-state index in [1.54, 1.807) is 13.1 Å². The number of likely N-dealkylation sites (N-methyl/N-ethyl adjacent to an activating group) is 1. The second kappa shape index (κ2) is 6.57. The highest BCUT2D eigenvalue weighted by molar-refractivity contribution is 5.46. The van der Waals surface area contributed by atoms with Crippen LogP contribution in [0.25, 0.3) is 0 Å². The molecule has 0 amide bonds. The summed E-state index contributed by atoms with van der Waals surface area (Å²) in [6.07, 6.45) is 1.43. The number of aromatic nitrogens is 1. The molecule has 0 fully saturated rings. The van der Waals surface area contributed by atoms with Gasteiger partial charge in [0, 0.05) is 37.9 Å². The van der Waals surface area contributed by atoms with Crippen LogP contribution in [0.5, 0.6) is 0 Å². The van der Waals surface area contributed by atoms with Crippen molar-refractivity contribution in [1.82, 2.24) is 10.3 Å². The molecule has 0 aliphatic carbocycles. The minimum atomic E-state index is -0.354. The Morgan fingerprint density at radius 3 is 2.71 bits per heavy atom. The maximum Gasteiger partial charge on any atom is 0.132 e. The SMILES string of the molecule is CC(O)CN(C)c1ncccc1CNC(C)C. The van der Waals surface area contributed by atoms with Crippen molar-refractivity contribution < 1.29 is 5.11 Å². The smallest absolute Gasteiger partial charge is 0.132 e. The molecule has 1 aromatic rings. The lowest BCUT2D eigenvalue weighted by molar-refractivity contribution is 0.201. The lowest BCUT2D eigenvalue weighted by Crippen LogP contribution is -2.30. The lowest BCUT2D eigenvalue weighted by Gasteiger charge is -2.22. The summed E-state index contributed by atoms with van der Waals surface area (Å²) >= 11 is 0. The fraction of sp³-hybridized carbons (Fsp3) is 0.615. The Morgan fingerprint density at radius 1 is 1.41 bits per heavy atom. The van der Waals surface area contributed by atoms with Gasteiger partial charge >= 0.3 is 0 Å². The first-order valence-corrected chi connectivity index (χ1v) is 6.07. The first-order valence-electron chi connectivity index (χ1n) is 6.07. The van der Waals surface area contributed by atoms with Gasteiger partial charge in [0.2, 0.25) is 0 Å². The van der Waals surface area contributed by atoms with Crippen LogP contribution < -0.4 is 10.2 Å². The lowest BCUT2D eigenvalue weighted by atomic mass is 10.2. The number of anilines is 1. The average Bonchev–Trinajstić information content (AvgIpc) is 2.25. The van der Waals surface area contributed by atoms with Crippen LogP contribution in [-0.2, 0) is 6.54 Å². The van der Waals surface area contributed by atoms with E-state index in [9.17, 15) is 5.11 Å². The molecular formula is C13H23N3O. The molecule has 0 aliphatic rings. The van der Waals surface area contributed by atoms with Crippen molar-refractivity contribution in [2.75, 3.05) is 18.5 Å². The Morgan fingerprint density at radius 2 is 2.12 bits per heavy atom. The first kappa shape index (κ1) is 13.9. The Labute approximate surface area is 104 Å². The predicted molar refractivity (Wildman–Crippen MR) is 71.2 cm³/mol. The minimum Gasteiger partial charge on any atom is -0.392 e. The van der Waals surface area contributed by atoms with Gasteiger partial charge in [-0.05, 0) is 13.0 Å². The van der Waals surface area contributed by atoms with Crippen molar-refractivity contribution in [1.29, 1.82) is 0 Å². The number of pyridine rings is 1. The van der Waals surface area contributed by atoms with Crippen molar-refractivity contribution >= 4 is 5.82 Å². The molecule has 4 heteroatoms. The summed E-state index contributed by atoms with van der Waals surface area (Å²) < 4.78 is 0. The third-order valence-electron chi connectivity index (χ3n) is 2.47. The zero-order valence-electron chi connectivity index (χ0n) is 11.1. The maximum absolute atomic E-state index is 9.41. The second-order valence-corrected chi connectivity index (χ2v) is 4.75. The molecule has 0 radical (unpaired) electrons. The number of hydrogen-bond acceptors (Lipinski definition) is 4. The van der Waals surface area contributed by atoms with Crippen LogP contribution in [0.15, 0.2) is 18.3 Å². The zero-order chi connectivity index (χ0) is 12.8.